The molecule has 0 rings (SSSR count). The second-order valence-corrected chi connectivity index (χ2v) is 7.30. The Kier molecular flexibility index (Phi) is 7.03. The van der Waals surface area contributed by atoms with Crippen molar-refractivity contribution in [3.63, 3.8) is 0 Å². The molecule has 1 atom stereocenters. The topological polar surface area (TPSA) is 81.7 Å². The lowest BCUT2D eigenvalue weighted by Gasteiger charge is -2.23. The average molecular weight is 305 g/mol. The van der Waals surface area contributed by atoms with Gasteiger partial charge in [0.25, 0.3) is 10.1 Å². The van der Waals surface area contributed by atoms with Crippen molar-refractivity contribution in [2.75, 3.05) is 12.9 Å². The Labute approximate surface area is 121 Å². The Balaban J connectivity index is 4.53. The van der Waals surface area contributed by atoms with E-state index >= 15 is 0 Å². The summed E-state index contributed by atoms with van der Waals surface area (Å²) < 4.78 is 31.2. The summed E-state index contributed by atoms with van der Waals surface area (Å²) in [7, 11) is -3.50. The second kappa shape index (κ2) is 7.50. The Hall–Kier alpha value is -1.26. The molecule has 0 aromatic rings. The highest BCUT2D eigenvalue weighted by Gasteiger charge is 2.20. The number of carbonyl (C=O) groups is 1. The fraction of sp³-hybridized carbons (Fsp3) is 0.769. The number of hydrogen-bond acceptors (Lipinski definition) is 5. The first kappa shape index (κ1) is 18.7. The van der Waals surface area contributed by atoms with Gasteiger partial charge < -0.3 is 10.1 Å². The van der Waals surface area contributed by atoms with Crippen LogP contribution in [0.5, 0.6) is 0 Å². The molecule has 116 valence electrons. The summed E-state index contributed by atoms with van der Waals surface area (Å²) in [6.45, 7) is 8.83. The molecule has 0 radical (unpaired) electrons. The van der Waals surface area contributed by atoms with Gasteiger partial charge in [0.05, 0.1) is 12.3 Å². The van der Waals surface area contributed by atoms with Gasteiger partial charge in [-0.05, 0) is 26.7 Å². The van der Waals surface area contributed by atoms with E-state index < -0.39 is 27.9 Å². The average Bonchev–Trinajstić information content (AvgIpc) is 2.17. The van der Waals surface area contributed by atoms with Crippen molar-refractivity contribution in [3.05, 3.63) is 0 Å². The van der Waals surface area contributed by atoms with Crippen LogP contribution in [-0.4, -0.2) is 39.0 Å². The summed E-state index contributed by atoms with van der Waals surface area (Å²) >= 11 is 0. The number of amides is 1. The fourth-order valence-corrected chi connectivity index (χ4v) is 1.37. The third-order valence-electron chi connectivity index (χ3n) is 1.94. The van der Waals surface area contributed by atoms with Crippen LogP contribution in [-0.2, 0) is 19.0 Å². The van der Waals surface area contributed by atoms with E-state index in [2.05, 4.69) is 21.3 Å². The molecule has 0 aromatic carbocycles. The molecular formula is C13H23NO5S. The third-order valence-corrected chi connectivity index (χ3v) is 2.49. The second-order valence-electron chi connectivity index (χ2n) is 5.66. The fourth-order valence-electron chi connectivity index (χ4n) is 1.09. The lowest BCUT2D eigenvalue weighted by atomic mass is 10.1. The lowest BCUT2D eigenvalue weighted by Crippen LogP contribution is -2.41. The van der Waals surface area contributed by atoms with Gasteiger partial charge in [0, 0.05) is 0 Å². The summed E-state index contributed by atoms with van der Waals surface area (Å²) in [5.41, 5.74) is -0.585. The van der Waals surface area contributed by atoms with Gasteiger partial charge in [-0.25, -0.2) is 4.79 Å². The normalized spacial score (nSPS) is 13.3. The maximum atomic E-state index is 11.6. The molecule has 0 bridgehead atoms. The largest absolute Gasteiger partial charge is 0.444 e. The van der Waals surface area contributed by atoms with Crippen molar-refractivity contribution in [2.45, 2.75) is 46.3 Å². The highest BCUT2D eigenvalue weighted by Crippen LogP contribution is 2.08. The molecule has 0 saturated carbocycles. The monoisotopic (exact) mass is 305 g/mol. The molecule has 1 N–H and O–H groups in total. The van der Waals surface area contributed by atoms with Crippen molar-refractivity contribution >= 4 is 16.2 Å². The maximum absolute atomic E-state index is 11.6. The summed E-state index contributed by atoms with van der Waals surface area (Å²) in [4.78, 5) is 11.6. The summed E-state index contributed by atoms with van der Waals surface area (Å²) in [6.07, 6.45) is 0.391. The van der Waals surface area contributed by atoms with Crippen LogP contribution < -0.4 is 5.32 Å². The van der Waals surface area contributed by atoms with Gasteiger partial charge in [0.15, 0.2) is 0 Å². The minimum absolute atomic E-state index is 0.0493. The molecule has 0 aliphatic heterocycles. The van der Waals surface area contributed by atoms with E-state index in [1.807, 2.05) is 13.8 Å². The Morgan fingerprint density at radius 2 is 1.85 bits per heavy atom. The molecule has 20 heavy (non-hydrogen) atoms. The predicted octanol–water partition coefficient (Wildman–Crippen LogP) is 1.52. The number of carbonyl (C=O) groups excluding carboxylic acids is 1. The summed E-state index contributed by atoms with van der Waals surface area (Å²) in [5, 5.41) is 2.63. The molecule has 1 unspecified atom stereocenters. The van der Waals surface area contributed by atoms with Gasteiger partial charge in [0.1, 0.15) is 12.2 Å². The quantitative estimate of drug-likeness (QED) is 0.629. The van der Waals surface area contributed by atoms with Crippen LogP contribution in [0.25, 0.3) is 0 Å². The van der Waals surface area contributed by atoms with Crippen LogP contribution in [0.3, 0.4) is 0 Å². The van der Waals surface area contributed by atoms with E-state index in [0.29, 0.717) is 0 Å². The van der Waals surface area contributed by atoms with E-state index in [0.717, 1.165) is 6.26 Å². The molecule has 1 amide bonds. The summed E-state index contributed by atoms with van der Waals surface area (Å²) in [6, 6.07) is -0.437. The highest BCUT2D eigenvalue weighted by atomic mass is 32.2. The van der Waals surface area contributed by atoms with Crippen LogP contribution in [0.4, 0.5) is 4.79 Å². The van der Waals surface area contributed by atoms with Crippen LogP contribution >= 0.6 is 0 Å². The van der Waals surface area contributed by atoms with Gasteiger partial charge >= 0.3 is 6.09 Å². The zero-order valence-electron chi connectivity index (χ0n) is 12.8. The molecule has 0 spiro atoms. The standard InChI is InChI=1S/C13H23NO5S/c1-10(2)11(8-7-9-18-20(6,16)17)14-12(15)19-13(3,4)5/h10-11H,9H2,1-6H3,(H,14,15). The SMILES string of the molecule is CC(C)C(C#CCOS(C)(=O)=O)NC(=O)OC(C)(C)C. The van der Waals surface area contributed by atoms with Crippen molar-refractivity contribution in [1.82, 2.24) is 5.32 Å². The van der Waals surface area contributed by atoms with Crippen LogP contribution in [0.15, 0.2) is 0 Å². The molecule has 0 aromatic heterocycles. The van der Waals surface area contributed by atoms with Gasteiger partial charge in [-0.3, -0.25) is 4.18 Å². The Morgan fingerprint density at radius 3 is 2.25 bits per heavy atom. The van der Waals surface area contributed by atoms with Gasteiger partial charge in [-0.2, -0.15) is 8.42 Å². The number of ether oxygens (including phenoxy) is 1. The molecule has 0 saturated heterocycles. The predicted molar refractivity (Wildman–Crippen MR) is 76.6 cm³/mol. The van der Waals surface area contributed by atoms with Crippen molar-refractivity contribution in [3.8, 4) is 11.8 Å². The Morgan fingerprint density at radius 1 is 1.30 bits per heavy atom. The highest BCUT2D eigenvalue weighted by molar-refractivity contribution is 7.85. The van der Waals surface area contributed by atoms with Crippen molar-refractivity contribution in [1.29, 1.82) is 0 Å². The van der Waals surface area contributed by atoms with Crippen molar-refractivity contribution < 1.29 is 22.1 Å². The number of alkyl carbamates (subject to hydrolysis) is 1. The number of hydrogen-bond donors (Lipinski definition) is 1. The lowest BCUT2D eigenvalue weighted by molar-refractivity contribution is 0.0506. The van der Waals surface area contributed by atoms with Gasteiger partial charge in [-0.15, -0.1) is 0 Å². The molecule has 0 aliphatic carbocycles. The first-order valence-electron chi connectivity index (χ1n) is 6.23. The minimum Gasteiger partial charge on any atom is -0.444 e. The molecule has 0 heterocycles. The molecule has 0 fully saturated rings. The molecule has 0 aliphatic rings. The number of nitrogens with one attached hydrogen (secondary N) is 1. The van der Waals surface area contributed by atoms with E-state index in [1.165, 1.54) is 0 Å². The first-order valence-corrected chi connectivity index (χ1v) is 8.04. The van der Waals surface area contributed by atoms with E-state index in [9.17, 15) is 13.2 Å². The van der Waals surface area contributed by atoms with Crippen molar-refractivity contribution in [2.24, 2.45) is 5.92 Å². The molecule has 7 heteroatoms. The van der Waals surface area contributed by atoms with E-state index in [-0.39, 0.29) is 12.5 Å². The zero-order chi connectivity index (χ0) is 16.0. The van der Waals surface area contributed by atoms with Crippen LogP contribution in [0.2, 0.25) is 0 Å². The molecular weight excluding hydrogens is 282 g/mol. The van der Waals surface area contributed by atoms with Crippen LogP contribution in [0.1, 0.15) is 34.6 Å². The third kappa shape index (κ3) is 10.6. The number of rotatable bonds is 4. The van der Waals surface area contributed by atoms with Crippen LogP contribution in [0, 0.1) is 17.8 Å². The maximum Gasteiger partial charge on any atom is 0.408 e. The molecule has 6 nitrogen and oxygen atoms in total. The van der Waals surface area contributed by atoms with E-state index in [1.54, 1.807) is 20.8 Å². The zero-order valence-corrected chi connectivity index (χ0v) is 13.6. The van der Waals surface area contributed by atoms with Gasteiger partial charge in [0.2, 0.25) is 0 Å². The van der Waals surface area contributed by atoms with Gasteiger partial charge in [-0.1, -0.05) is 25.7 Å². The smallest absolute Gasteiger partial charge is 0.408 e. The summed E-state index contributed by atoms with van der Waals surface area (Å²) in [5.74, 6) is 5.38. The van der Waals surface area contributed by atoms with E-state index in [4.69, 9.17) is 4.74 Å². The first-order chi connectivity index (χ1) is 8.91. The Bertz CT molecular complexity index is 479. The minimum atomic E-state index is -3.50.